The number of benzene rings is 2. The maximum absolute atomic E-state index is 12.2. The molecule has 0 aliphatic rings. The summed E-state index contributed by atoms with van der Waals surface area (Å²) in [4.78, 5) is 21.5. The zero-order valence-electron chi connectivity index (χ0n) is 19.6. The van der Waals surface area contributed by atoms with Crippen molar-refractivity contribution < 1.29 is 9.53 Å². The lowest BCUT2D eigenvalue weighted by Gasteiger charge is -2.20. The Morgan fingerprint density at radius 3 is 2.79 bits per heavy atom. The minimum Gasteiger partial charge on any atom is -0.465 e. The van der Waals surface area contributed by atoms with Crippen molar-refractivity contribution in [3.8, 4) is 17.2 Å². The summed E-state index contributed by atoms with van der Waals surface area (Å²) in [5, 5.41) is 9.49. The largest absolute Gasteiger partial charge is 0.465 e. The number of nitrogens with zero attached hydrogens (tertiary/aromatic N) is 5. The summed E-state index contributed by atoms with van der Waals surface area (Å²) in [6, 6.07) is 15.9. The lowest BCUT2D eigenvalue weighted by Crippen LogP contribution is -2.20. The van der Waals surface area contributed by atoms with Gasteiger partial charge in [0.1, 0.15) is 12.4 Å². The molecule has 0 amide bonds. The number of imidazole rings is 2. The van der Waals surface area contributed by atoms with Crippen LogP contribution in [0.25, 0.3) is 22.2 Å². The molecular formula is C27H29N5O2. The number of carbonyl (C=O) groups is 1. The molecule has 2 heterocycles. The molecule has 0 spiro atoms. The van der Waals surface area contributed by atoms with E-state index < -0.39 is 0 Å². The Morgan fingerprint density at radius 1 is 1.15 bits per heavy atom. The van der Waals surface area contributed by atoms with Gasteiger partial charge in [0.15, 0.2) is 0 Å². The van der Waals surface area contributed by atoms with E-state index in [1.54, 1.807) is 13.1 Å². The van der Waals surface area contributed by atoms with E-state index in [0.29, 0.717) is 12.2 Å². The van der Waals surface area contributed by atoms with Crippen LogP contribution in [0, 0.1) is 11.3 Å². The van der Waals surface area contributed by atoms with Gasteiger partial charge in [0.2, 0.25) is 0 Å². The molecule has 4 aromatic rings. The van der Waals surface area contributed by atoms with Gasteiger partial charge in [0, 0.05) is 12.4 Å². The van der Waals surface area contributed by atoms with E-state index in [9.17, 15) is 10.1 Å². The van der Waals surface area contributed by atoms with Gasteiger partial charge in [0.05, 0.1) is 41.6 Å². The van der Waals surface area contributed by atoms with Crippen molar-refractivity contribution in [3.63, 3.8) is 0 Å². The molecule has 1 unspecified atom stereocenters. The molecule has 0 fully saturated rings. The van der Waals surface area contributed by atoms with Crippen LogP contribution in [0.1, 0.15) is 57.0 Å². The number of esters is 1. The fraction of sp³-hybridized carbons (Fsp3) is 0.333. The van der Waals surface area contributed by atoms with E-state index in [4.69, 9.17) is 9.72 Å². The number of rotatable bonds is 10. The molecule has 0 saturated heterocycles. The molecule has 7 heteroatoms. The average molecular weight is 456 g/mol. The first kappa shape index (κ1) is 23.2. The highest BCUT2D eigenvalue weighted by molar-refractivity contribution is 5.83. The molecule has 0 N–H and O–H groups in total. The van der Waals surface area contributed by atoms with Crippen molar-refractivity contribution in [2.24, 2.45) is 0 Å². The Kier molecular flexibility index (Phi) is 7.38. The standard InChI is InChI=1S/C27H29N5O2/c1-3-5-6-11-25(27-29-14-15-31(27)18-26(33)34-4-2)32-19-30-23-16-20(12-13-24(23)32)22-10-8-7-9-21(22)17-28/h7-10,12-16,19,25H,3-6,11,18H2,1-2H3. The molecule has 174 valence electrons. The SMILES string of the molecule is CCCCCC(c1nccn1CC(=O)OCC)n1cnc2cc(-c3ccccc3C#N)ccc21. The molecule has 34 heavy (non-hydrogen) atoms. The van der Waals surface area contributed by atoms with Crippen molar-refractivity contribution in [1.29, 1.82) is 5.26 Å². The van der Waals surface area contributed by atoms with Gasteiger partial charge in [-0.25, -0.2) is 9.97 Å². The molecule has 2 aromatic carbocycles. The van der Waals surface area contributed by atoms with Gasteiger partial charge in [-0.15, -0.1) is 0 Å². The molecule has 0 radical (unpaired) electrons. The van der Waals surface area contributed by atoms with Crippen molar-refractivity contribution in [2.75, 3.05) is 6.61 Å². The smallest absolute Gasteiger partial charge is 0.325 e. The van der Waals surface area contributed by atoms with Crippen LogP contribution in [-0.4, -0.2) is 31.7 Å². The van der Waals surface area contributed by atoms with Gasteiger partial charge in [0.25, 0.3) is 0 Å². The Hall–Kier alpha value is -3.92. The Bertz CT molecular complexity index is 1310. The minimum absolute atomic E-state index is 0.0572. The summed E-state index contributed by atoms with van der Waals surface area (Å²) in [7, 11) is 0. The van der Waals surface area contributed by atoms with E-state index in [0.717, 1.165) is 53.7 Å². The fourth-order valence-electron chi connectivity index (χ4n) is 4.36. The number of nitriles is 1. The second-order valence-electron chi connectivity index (χ2n) is 8.24. The molecular weight excluding hydrogens is 426 g/mol. The highest BCUT2D eigenvalue weighted by atomic mass is 16.5. The van der Waals surface area contributed by atoms with Crippen molar-refractivity contribution in [2.45, 2.75) is 52.1 Å². The van der Waals surface area contributed by atoms with Gasteiger partial charge >= 0.3 is 5.97 Å². The molecule has 4 rings (SSSR count). The first-order valence-corrected chi connectivity index (χ1v) is 11.8. The van der Waals surface area contributed by atoms with Crippen LogP contribution in [0.5, 0.6) is 0 Å². The van der Waals surface area contributed by atoms with Gasteiger partial charge in [-0.05, 0) is 42.7 Å². The number of ether oxygens (including phenoxy) is 1. The Labute approximate surface area is 199 Å². The van der Waals surface area contributed by atoms with E-state index in [-0.39, 0.29) is 18.6 Å². The van der Waals surface area contributed by atoms with Gasteiger partial charge < -0.3 is 13.9 Å². The number of fused-ring (bicyclic) bond motifs is 1. The number of carbonyl (C=O) groups excluding carboxylic acids is 1. The summed E-state index contributed by atoms with van der Waals surface area (Å²) in [5.74, 6) is 0.549. The minimum atomic E-state index is -0.273. The van der Waals surface area contributed by atoms with Crippen molar-refractivity contribution >= 4 is 17.0 Å². The zero-order chi connectivity index (χ0) is 23.9. The number of unbranched alkanes of at least 4 members (excludes halogenated alkanes) is 2. The van der Waals surface area contributed by atoms with E-state index in [2.05, 4.69) is 28.6 Å². The normalized spacial score (nSPS) is 11.9. The Morgan fingerprint density at radius 2 is 2.00 bits per heavy atom. The molecule has 0 bridgehead atoms. The third kappa shape index (κ3) is 4.86. The zero-order valence-corrected chi connectivity index (χ0v) is 19.6. The number of hydrogen-bond acceptors (Lipinski definition) is 5. The third-order valence-corrected chi connectivity index (χ3v) is 6.00. The monoisotopic (exact) mass is 455 g/mol. The van der Waals surface area contributed by atoms with Gasteiger partial charge in [-0.2, -0.15) is 5.26 Å². The second kappa shape index (κ2) is 10.8. The second-order valence-corrected chi connectivity index (χ2v) is 8.24. The van der Waals surface area contributed by atoms with Crippen LogP contribution in [-0.2, 0) is 16.1 Å². The van der Waals surface area contributed by atoms with Gasteiger partial charge in [-0.3, -0.25) is 4.79 Å². The maximum Gasteiger partial charge on any atom is 0.325 e. The Balaban J connectivity index is 1.72. The van der Waals surface area contributed by atoms with Crippen molar-refractivity contribution in [3.05, 3.63) is 72.6 Å². The molecule has 0 aliphatic carbocycles. The average Bonchev–Trinajstić information content (AvgIpc) is 3.49. The van der Waals surface area contributed by atoms with E-state index in [1.165, 1.54) is 0 Å². The lowest BCUT2D eigenvalue weighted by molar-refractivity contribution is -0.143. The summed E-state index contributed by atoms with van der Waals surface area (Å²) < 4.78 is 9.17. The number of hydrogen-bond donors (Lipinski definition) is 0. The summed E-state index contributed by atoms with van der Waals surface area (Å²) in [6.07, 6.45) is 9.59. The quantitative estimate of drug-likeness (QED) is 0.233. The first-order chi connectivity index (χ1) is 16.7. The predicted molar refractivity (Wildman–Crippen MR) is 131 cm³/mol. The first-order valence-electron chi connectivity index (χ1n) is 11.8. The highest BCUT2D eigenvalue weighted by Crippen LogP contribution is 2.31. The van der Waals surface area contributed by atoms with E-state index >= 15 is 0 Å². The van der Waals surface area contributed by atoms with Crippen LogP contribution in [0.3, 0.4) is 0 Å². The topological polar surface area (TPSA) is 85.7 Å². The van der Waals surface area contributed by atoms with Crippen LogP contribution in [0.15, 0.2) is 61.2 Å². The molecule has 7 nitrogen and oxygen atoms in total. The van der Waals surface area contributed by atoms with Crippen LogP contribution in [0.4, 0.5) is 0 Å². The molecule has 1 atom stereocenters. The van der Waals surface area contributed by atoms with Crippen LogP contribution < -0.4 is 0 Å². The summed E-state index contributed by atoms with van der Waals surface area (Å²) >= 11 is 0. The molecule has 0 aliphatic heterocycles. The third-order valence-electron chi connectivity index (χ3n) is 6.00. The summed E-state index contributed by atoms with van der Waals surface area (Å²) in [5.41, 5.74) is 4.34. The lowest BCUT2D eigenvalue weighted by atomic mass is 10.00. The van der Waals surface area contributed by atoms with Crippen LogP contribution >= 0.6 is 0 Å². The molecule has 2 aromatic heterocycles. The van der Waals surface area contributed by atoms with Crippen LogP contribution in [0.2, 0.25) is 0 Å². The summed E-state index contributed by atoms with van der Waals surface area (Å²) in [6.45, 7) is 4.48. The van der Waals surface area contributed by atoms with Gasteiger partial charge in [-0.1, -0.05) is 50.5 Å². The number of aromatic nitrogens is 4. The molecule has 0 saturated carbocycles. The fourth-order valence-corrected chi connectivity index (χ4v) is 4.36. The predicted octanol–water partition coefficient (Wildman–Crippen LogP) is 5.50. The highest BCUT2D eigenvalue weighted by Gasteiger charge is 2.22. The van der Waals surface area contributed by atoms with Crippen molar-refractivity contribution in [1.82, 2.24) is 19.1 Å². The maximum atomic E-state index is 12.2. The van der Waals surface area contributed by atoms with E-state index in [1.807, 2.05) is 53.5 Å².